The zero-order valence-electron chi connectivity index (χ0n) is 50.8. The molecule has 0 spiro atoms. The lowest BCUT2D eigenvalue weighted by atomic mass is 9.73. The number of aromatic nitrogens is 6. The van der Waals surface area contributed by atoms with Crippen LogP contribution in [-0.2, 0) is 19.1 Å². The Balaban J connectivity index is 0.859. The maximum absolute atomic E-state index is 6.50. The Morgan fingerprint density at radius 1 is 0.410 bits per heavy atom. The first-order valence-electron chi connectivity index (χ1n) is 31.4. The van der Waals surface area contributed by atoms with Gasteiger partial charge < -0.3 is 40.2 Å². The SMILES string of the molecule is CCCCCCCCON1C(C)(C)CC(CCCCNc2nc(NCCCCCCNc3nc(NCCCCC4CC(C)(C)N(OCCCCCCCC)C(C)(C)C4)nc(OCC4CO4)n3)nc(OCC3CO3)n2)CC1(C)C. The predicted molar refractivity (Wildman–Crippen MR) is 314 cm³/mol. The third-order valence-corrected chi connectivity index (χ3v) is 15.9. The standard InChI is InChI=1S/C60H110N12O6/c1-11-13-15-17-21-29-37-77-71-57(3,4)39-47(40-58(71,5)6)31-23-27-35-63-53-65-51(67-55(69-53)75-45-49-43-73-49)61-33-25-19-20-26-34-62-52-66-54(70-56(68-52)76-46-50-44-74-50)64-36-28-24-32-48-41-59(7,8)72(60(9,10)42-48)78-38-30-22-18-16-14-12-2/h47-50H,11-46H2,1-10H3,(H2,61,63,65,67,69)(H2,62,64,66,68,70). The fraction of sp³-hybridized carbons (Fsp3) is 0.900. The highest BCUT2D eigenvalue weighted by atomic mass is 16.7. The van der Waals surface area contributed by atoms with E-state index in [0.717, 1.165) is 129 Å². The van der Waals surface area contributed by atoms with Crippen LogP contribution in [0.25, 0.3) is 0 Å². The molecular formula is C60H110N12O6. The minimum atomic E-state index is 0.00429. The predicted octanol–water partition coefficient (Wildman–Crippen LogP) is 13.0. The summed E-state index contributed by atoms with van der Waals surface area (Å²) in [6.07, 6.45) is 31.0. The Labute approximate surface area is 472 Å². The molecule has 2 aromatic rings. The first-order chi connectivity index (χ1) is 37.5. The molecule has 6 rings (SSSR count). The highest BCUT2D eigenvalue weighted by Gasteiger charge is 2.47. The number of unbranched alkanes of at least 4 members (excludes halogenated alkanes) is 15. The number of piperidine rings is 2. The van der Waals surface area contributed by atoms with E-state index in [2.05, 4.69) is 121 Å². The van der Waals surface area contributed by atoms with Gasteiger partial charge in [0.15, 0.2) is 0 Å². The van der Waals surface area contributed by atoms with Gasteiger partial charge in [-0.25, -0.2) is 0 Å². The summed E-state index contributed by atoms with van der Waals surface area (Å²) in [7, 11) is 0. The van der Waals surface area contributed by atoms with Crippen LogP contribution in [0.4, 0.5) is 23.8 Å². The second-order valence-corrected chi connectivity index (χ2v) is 25.8. The second kappa shape index (κ2) is 32.9. The Morgan fingerprint density at radius 3 is 1.03 bits per heavy atom. The van der Waals surface area contributed by atoms with Crippen molar-refractivity contribution in [2.75, 3.05) is 87.1 Å². The molecule has 6 heterocycles. The molecule has 0 bridgehead atoms. The van der Waals surface area contributed by atoms with Gasteiger partial charge in [-0.05, 0) is 131 Å². The quantitative estimate of drug-likeness (QED) is 0.0361. The number of anilines is 4. The maximum Gasteiger partial charge on any atom is 0.323 e. The minimum absolute atomic E-state index is 0.00429. The van der Waals surface area contributed by atoms with Crippen LogP contribution in [0.2, 0.25) is 0 Å². The van der Waals surface area contributed by atoms with Crippen LogP contribution < -0.4 is 30.7 Å². The maximum atomic E-state index is 6.50. The van der Waals surface area contributed by atoms with Gasteiger partial charge in [-0.2, -0.15) is 40.0 Å². The highest BCUT2D eigenvalue weighted by Crippen LogP contribution is 2.45. The lowest BCUT2D eigenvalue weighted by Gasteiger charge is -2.54. The van der Waals surface area contributed by atoms with Crippen LogP contribution in [0.3, 0.4) is 0 Å². The summed E-state index contributed by atoms with van der Waals surface area (Å²) >= 11 is 0. The van der Waals surface area contributed by atoms with Gasteiger partial charge in [0.05, 0.1) is 26.4 Å². The third kappa shape index (κ3) is 23.6. The Morgan fingerprint density at radius 2 is 0.705 bits per heavy atom. The van der Waals surface area contributed by atoms with Gasteiger partial charge in [-0.1, -0.05) is 117 Å². The molecule has 4 saturated heterocycles. The van der Waals surface area contributed by atoms with Crippen molar-refractivity contribution < 1.29 is 28.6 Å². The van der Waals surface area contributed by atoms with Gasteiger partial charge in [-0.3, -0.25) is 9.68 Å². The molecule has 0 aromatic carbocycles. The summed E-state index contributed by atoms with van der Waals surface area (Å²) in [6, 6.07) is 0.634. The summed E-state index contributed by atoms with van der Waals surface area (Å²) in [5.74, 6) is 3.45. The van der Waals surface area contributed by atoms with Crippen LogP contribution in [-0.4, -0.2) is 140 Å². The Bertz CT molecular complexity index is 1800. The molecule has 18 nitrogen and oxygen atoms in total. The van der Waals surface area contributed by atoms with Crippen molar-refractivity contribution >= 4 is 23.8 Å². The molecule has 0 saturated carbocycles. The van der Waals surface area contributed by atoms with Gasteiger partial charge >= 0.3 is 12.0 Å². The highest BCUT2D eigenvalue weighted by molar-refractivity contribution is 5.37. The average molecular weight is 1100 g/mol. The van der Waals surface area contributed by atoms with E-state index in [0.29, 0.717) is 74.1 Å². The van der Waals surface area contributed by atoms with Crippen LogP contribution in [0.15, 0.2) is 0 Å². The molecule has 4 aliphatic heterocycles. The molecule has 4 N–H and O–H groups in total. The molecule has 4 fully saturated rings. The molecule has 2 unspecified atom stereocenters. The largest absolute Gasteiger partial charge is 0.460 e. The van der Waals surface area contributed by atoms with Crippen molar-refractivity contribution in [1.29, 1.82) is 0 Å². The van der Waals surface area contributed by atoms with E-state index in [1.807, 2.05) is 0 Å². The topological polar surface area (TPSA) is 194 Å². The number of epoxide rings is 2. The average Bonchev–Trinajstić information content (AvgIpc) is 4.37. The second-order valence-electron chi connectivity index (χ2n) is 25.8. The van der Waals surface area contributed by atoms with Crippen LogP contribution in [0.1, 0.15) is 236 Å². The lowest BCUT2D eigenvalue weighted by Crippen LogP contribution is -2.60. The van der Waals surface area contributed by atoms with Gasteiger partial charge in [0, 0.05) is 48.3 Å². The van der Waals surface area contributed by atoms with Crippen molar-refractivity contribution in [3.8, 4) is 12.0 Å². The lowest BCUT2D eigenvalue weighted by molar-refractivity contribution is -0.288. The number of hydroxylamine groups is 4. The number of nitrogens with one attached hydrogen (secondary N) is 4. The monoisotopic (exact) mass is 1090 g/mol. The summed E-state index contributed by atoms with van der Waals surface area (Å²) < 4.78 is 22.6. The van der Waals surface area contributed by atoms with Crippen molar-refractivity contribution in [3.63, 3.8) is 0 Å². The summed E-state index contributed by atoms with van der Waals surface area (Å²) in [5, 5.41) is 18.4. The van der Waals surface area contributed by atoms with Gasteiger partial charge in [0.2, 0.25) is 23.8 Å². The van der Waals surface area contributed by atoms with Gasteiger partial charge in [0.1, 0.15) is 25.4 Å². The zero-order chi connectivity index (χ0) is 55.7. The van der Waals surface area contributed by atoms with Gasteiger partial charge in [0.25, 0.3) is 0 Å². The molecule has 4 aliphatic rings. The fourth-order valence-corrected chi connectivity index (χ4v) is 12.5. The van der Waals surface area contributed by atoms with Crippen molar-refractivity contribution in [3.05, 3.63) is 0 Å². The summed E-state index contributed by atoms with van der Waals surface area (Å²) in [5.41, 5.74) is 0.0171. The van der Waals surface area contributed by atoms with Crippen molar-refractivity contribution in [2.24, 2.45) is 11.8 Å². The van der Waals surface area contributed by atoms with E-state index < -0.39 is 0 Å². The van der Waals surface area contributed by atoms with E-state index in [-0.39, 0.29) is 34.4 Å². The van der Waals surface area contributed by atoms with E-state index in [1.165, 1.54) is 77.0 Å². The molecule has 446 valence electrons. The molecule has 2 atom stereocenters. The number of ether oxygens (including phenoxy) is 4. The molecule has 2 aromatic heterocycles. The first kappa shape index (κ1) is 63.8. The first-order valence-corrected chi connectivity index (χ1v) is 31.4. The molecule has 0 aliphatic carbocycles. The van der Waals surface area contributed by atoms with Crippen LogP contribution in [0, 0.1) is 11.8 Å². The summed E-state index contributed by atoms with van der Waals surface area (Å²) in [4.78, 5) is 40.8. The van der Waals surface area contributed by atoms with Crippen molar-refractivity contribution in [1.82, 2.24) is 40.0 Å². The Kier molecular flexibility index (Phi) is 26.9. The minimum Gasteiger partial charge on any atom is -0.460 e. The van der Waals surface area contributed by atoms with Crippen LogP contribution in [0.5, 0.6) is 12.0 Å². The molecule has 18 heteroatoms. The van der Waals surface area contributed by atoms with Gasteiger partial charge in [-0.15, -0.1) is 0 Å². The van der Waals surface area contributed by atoms with E-state index in [1.54, 1.807) is 0 Å². The van der Waals surface area contributed by atoms with E-state index >= 15 is 0 Å². The molecule has 0 radical (unpaired) electrons. The number of nitrogens with zero attached hydrogens (tertiary/aromatic N) is 8. The van der Waals surface area contributed by atoms with Crippen molar-refractivity contribution in [2.45, 2.75) is 271 Å². The Hall–Kier alpha value is -3.42. The molecule has 0 amide bonds. The van der Waals surface area contributed by atoms with E-state index in [9.17, 15) is 0 Å². The normalized spacial score (nSPS) is 20.8. The zero-order valence-corrected chi connectivity index (χ0v) is 50.8. The smallest absolute Gasteiger partial charge is 0.323 e. The molecular weight excluding hydrogens is 985 g/mol. The fourth-order valence-electron chi connectivity index (χ4n) is 12.5. The number of hydrogen-bond donors (Lipinski definition) is 4. The molecule has 78 heavy (non-hydrogen) atoms. The summed E-state index contributed by atoms with van der Waals surface area (Å²) in [6.45, 7) is 30.4. The van der Waals surface area contributed by atoms with E-state index in [4.69, 9.17) is 38.6 Å². The third-order valence-electron chi connectivity index (χ3n) is 15.9. The number of rotatable bonds is 43. The number of hydrogen-bond acceptors (Lipinski definition) is 18. The van der Waals surface area contributed by atoms with Crippen LogP contribution >= 0.6 is 0 Å².